The van der Waals surface area contributed by atoms with Gasteiger partial charge in [0, 0.05) is 5.41 Å². The summed E-state index contributed by atoms with van der Waals surface area (Å²) in [6, 6.07) is 7.72. The molecule has 0 heterocycles. The van der Waals surface area contributed by atoms with Gasteiger partial charge in [-0.25, -0.2) is 0 Å². The summed E-state index contributed by atoms with van der Waals surface area (Å²) in [4.78, 5) is 0. The maximum Gasteiger partial charge on any atom is 0.118 e. The number of hydrogen-bond acceptors (Lipinski definition) is 1. The van der Waals surface area contributed by atoms with Gasteiger partial charge in [-0.05, 0) is 30.5 Å². The first kappa shape index (κ1) is 8.54. The fourth-order valence-electron chi connectivity index (χ4n) is 1.59. The van der Waals surface area contributed by atoms with E-state index in [2.05, 4.69) is 0 Å². The summed E-state index contributed by atoms with van der Waals surface area (Å²) in [6.45, 7) is -0.237. The molecule has 1 aliphatic rings. The molecule has 2 rings (SSSR count). The zero-order valence-corrected chi connectivity index (χ0v) is 7.72. The third-order valence-electron chi connectivity index (χ3n) is 2.81. The summed E-state index contributed by atoms with van der Waals surface area (Å²) in [7, 11) is 1.64. The Hall–Kier alpha value is -1.05. The fraction of sp³-hybridized carbons (Fsp3) is 0.455. The molecule has 70 valence electrons. The maximum absolute atomic E-state index is 12.7. The molecule has 1 saturated carbocycles. The molecule has 1 aromatic rings. The van der Waals surface area contributed by atoms with Gasteiger partial charge in [0.05, 0.1) is 13.8 Å². The molecule has 0 aliphatic heterocycles. The molecule has 1 aromatic carbocycles. The van der Waals surface area contributed by atoms with E-state index in [1.807, 2.05) is 24.3 Å². The van der Waals surface area contributed by atoms with E-state index >= 15 is 0 Å². The first-order valence-electron chi connectivity index (χ1n) is 4.51. The lowest BCUT2D eigenvalue weighted by Gasteiger charge is -2.10. The van der Waals surface area contributed by atoms with Crippen LogP contribution in [-0.2, 0) is 5.41 Å². The van der Waals surface area contributed by atoms with E-state index in [1.165, 1.54) is 0 Å². The summed E-state index contributed by atoms with van der Waals surface area (Å²) in [6.07, 6.45) is 1.96. The number of alkyl halides is 1. The van der Waals surface area contributed by atoms with Gasteiger partial charge in [0.1, 0.15) is 5.75 Å². The van der Waals surface area contributed by atoms with Crippen LogP contribution in [0.2, 0.25) is 0 Å². The molecule has 0 amide bonds. The molecule has 0 atom stereocenters. The van der Waals surface area contributed by atoms with Crippen LogP contribution in [0.15, 0.2) is 24.3 Å². The molecule has 1 nitrogen and oxygen atoms in total. The molecule has 1 aliphatic carbocycles. The predicted octanol–water partition coefficient (Wildman–Crippen LogP) is 2.70. The second-order valence-corrected chi connectivity index (χ2v) is 3.64. The fourth-order valence-corrected chi connectivity index (χ4v) is 1.59. The van der Waals surface area contributed by atoms with Crippen molar-refractivity contribution < 1.29 is 9.13 Å². The van der Waals surface area contributed by atoms with Crippen LogP contribution < -0.4 is 4.74 Å². The van der Waals surface area contributed by atoms with Crippen molar-refractivity contribution in [1.82, 2.24) is 0 Å². The van der Waals surface area contributed by atoms with Crippen molar-refractivity contribution >= 4 is 0 Å². The van der Waals surface area contributed by atoms with Gasteiger partial charge in [-0.2, -0.15) is 0 Å². The predicted molar refractivity (Wildman–Crippen MR) is 49.9 cm³/mol. The van der Waals surface area contributed by atoms with Crippen LogP contribution in [0.3, 0.4) is 0 Å². The minimum absolute atomic E-state index is 0.147. The van der Waals surface area contributed by atoms with E-state index in [9.17, 15) is 4.39 Å². The smallest absolute Gasteiger partial charge is 0.118 e. The first-order chi connectivity index (χ1) is 6.30. The summed E-state index contributed by atoms with van der Waals surface area (Å²) in [5.74, 6) is 0.832. The highest BCUT2D eigenvalue weighted by Crippen LogP contribution is 2.48. The lowest BCUT2D eigenvalue weighted by atomic mass is 9.98. The number of methoxy groups -OCH3 is 1. The minimum atomic E-state index is -0.237. The second-order valence-electron chi connectivity index (χ2n) is 3.64. The minimum Gasteiger partial charge on any atom is -0.497 e. The second kappa shape index (κ2) is 3.02. The number of halogens is 1. The largest absolute Gasteiger partial charge is 0.497 e. The molecule has 0 spiro atoms. The van der Waals surface area contributed by atoms with Crippen LogP contribution in [0.5, 0.6) is 5.75 Å². The molecule has 2 heteroatoms. The Morgan fingerprint density at radius 1 is 1.31 bits per heavy atom. The van der Waals surface area contributed by atoms with Gasteiger partial charge in [0.15, 0.2) is 0 Å². The van der Waals surface area contributed by atoms with Crippen LogP contribution in [0, 0.1) is 0 Å². The molecular weight excluding hydrogens is 167 g/mol. The summed E-state index contributed by atoms with van der Waals surface area (Å²) in [5, 5.41) is 0. The highest BCUT2D eigenvalue weighted by Gasteiger charge is 2.44. The van der Waals surface area contributed by atoms with E-state index < -0.39 is 0 Å². The standard InChI is InChI=1S/C11H13FO/c1-13-10-4-2-9(3-5-10)11(8-12)6-7-11/h2-5H,6-8H2,1H3. The summed E-state index contributed by atoms with van der Waals surface area (Å²) < 4.78 is 17.7. The third-order valence-corrected chi connectivity index (χ3v) is 2.81. The van der Waals surface area contributed by atoms with E-state index in [0.717, 1.165) is 24.2 Å². The average molecular weight is 180 g/mol. The van der Waals surface area contributed by atoms with E-state index in [0.29, 0.717) is 0 Å². The van der Waals surface area contributed by atoms with Crippen molar-refractivity contribution in [2.75, 3.05) is 13.8 Å². The van der Waals surface area contributed by atoms with E-state index in [-0.39, 0.29) is 12.1 Å². The Balaban J connectivity index is 2.23. The Bertz CT molecular complexity index is 287. The molecule has 0 saturated heterocycles. The van der Waals surface area contributed by atoms with E-state index in [4.69, 9.17) is 4.74 Å². The normalized spacial score (nSPS) is 18.3. The number of rotatable bonds is 3. The van der Waals surface area contributed by atoms with Crippen molar-refractivity contribution in [3.05, 3.63) is 29.8 Å². The van der Waals surface area contributed by atoms with Gasteiger partial charge in [-0.1, -0.05) is 12.1 Å². The van der Waals surface area contributed by atoms with Crippen LogP contribution in [0.1, 0.15) is 18.4 Å². The Morgan fingerprint density at radius 3 is 2.31 bits per heavy atom. The van der Waals surface area contributed by atoms with E-state index in [1.54, 1.807) is 7.11 Å². The molecule has 0 unspecified atom stereocenters. The van der Waals surface area contributed by atoms with Gasteiger partial charge < -0.3 is 4.74 Å². The highest BCUT2D eigenvalue weighted by molar-refractivity contribution is 5.36. The number of ether oxygens (including phenoxy) is 1. The van der Waals surface area contributed by atoms with Gasteiger partial charge in [0.25, 0.3) is 0 Å². The Labute approximate surface area is 77.5 Å². The summed E-state index contributed by atoms with van der Waals surface area (Å²) >= 11 is 0. The van der Waals surface area contributed by atoms with Crippen LogP contribution in [0.25, 0.3) is 0 Å². The molecular formula is C11H13FO. The molecule has 1 fully saturated rings. The van der Waals surface area contributed by atoms with Gasteiger partial charge in [-0.3, -0.25) is 4.39 Å². The monoisotopic (exact) mass is 180 g/mol. The van der Waals surface area contributed by atoms with Crippen molar-refractivity contribution in [2.24, 2.45) is 0 Å². The molecule has 0 radical (unpaired) electrons. The van der Waals surface area contributed by atoms with Crippen LogP contribution in [-0.4, -0.2) is 13.8 Å². The number of hydrogen-bond donors (Lipinski definition) is 0. The SMILES string of the molecule is COc1ccc(C2(CF)CC2)cc1. The molecule has 0 aromatic heterocycles. The van der Waals surface area contributed by atoms with Gasteiger partial charge in [0.2, 0.25) is 0 Å². The quantitative estimate of drug-likeness (QED) is 0.695. The van der Waals surface area contributed by atoms with Crippen LogP contribution >= 0.6 is 0 Å². The topological polar surface area (TPSA) is 9.23 Å². The Morgan fingerprint density at radius 2 is 1.92 bits per heavy atom. The van der Waals surface area contributed by atoms with Crippen LogP contribution in [0.4, 0.5) is 4.39 Å². The average Bonchev–Trinajstić information content (AvgIpc) is 2.99. The molecule has 0 bridgehead atoms. The lowest BCUT2D eigenvalue weighted by molar-refractivity contribution is 0.409. The summed E-state index contributed by atoms with van der Waals surface area (Å²) in [5.41, 5.74) is 0.961. The Kier molecular flexibility index (Phi) is 1.98. The first-order valence-corrected chi connectivity index (χ1v) is 4.51. The van der Waals surface area contributed by atoms with Crippen molar-refractivity contribution in [2.45, 2.75) is 18.3 Å². The van der Waals surface area contributed by atoms with Crippen molar-refractivity contribution in [3.8, 4) is 5.75 Å². The van der Waals surface area contributed by atoms with Gasteiger partial charge in [-0.15, -0.1) is 0 Å². The zero-order valence-electron chi connectivity index (χ0n) is 7.72. The molecule has 0 N–H and O–H groups in total. The van der Waals surface area contributed by atoms with Crippen molar-refractivity contribution in [3.63, 3.8) is 0 Å². The third kappa shape index (κ3) is 1.41. The molecule has 13 heavy (non-hydrogen) atoms. The maximum atomic E-state index is 12.7. The zero-order chi connectivity index (χ0) is 9.31. The lowest BCUT2D eigenvalue weighted by Crippen LogP contribution is -2.08. The highest BCUT2D eigenvalue weighted by atomic mass is 19.1. The number of benzene rings is 1. The van der Waals surface area contributed by atoms with Gasteiger partial charge >= 0.3 is 0 Å². The van der Waals surface area contributed by atoms with Crippen molar-refractivity contribution in [1.29, 1.82) is 0 Å².